The molecule has 2 aromatic carbocycles. The Bertz CT molecular complexity index is 2570. The molecule has 0 spiro atoms. The molecule has 0 radical (unpaired) electrons. The molecule has 7 amide bonds. The minimum atomic E-state index is -1.10. The van der Waals surface area contributed by atoms with Gasteiger partial charge in [0.25, 0.3) is 0 Å². The SMILES string of the molecule is Cc1ncsc1-c1ccc([C@H](C)NC(=O)C2C[C@@H](O)CN2C(=O)[C@@H](NC(=O)CCCCCc2cccc(NC(=O)[C@H](CCC(N)=O)NC(=O)[C@@H]3CC4=C5C(=CCC4)CC[C@H](N)C(=O)N53)c2)C(C)(C)C)cc1. The minimum absolute atomic E-state index is 0.0233. The van der Waals surface area contributed by atoms with Crippen LogP contribution in [0.4, 0.5) is 5.69 Å². The first-order valence-corrected chi connectivity index (χ1v) is 25.7. The number of rotatable bonds is 19. The molecule has 17 nitrogen and oxygen atoms in total. The quantitative estimate of drug-likeness (QED) is 0.0793. The molecule has 2 fully saturated rings. The van der Waals surface area contributed by atoms with Crippen molar-refractivity contribution < 1.29 is 38.7 Å². The molecule has 0 saturated carbocycles. The van der Waals surface area contributed by atoms with Crippen molar-refractivity contribution in [1.82, 2.24) is 30.7 Å². The molecule has 4 heterocycles. The predicted octanol–water partition coefficient (Wildman–Crippen LogP) is 4.98. The van der Waals surface area contributed by atoms with Crippen molar-refractivity contribution in [2.75, 3.05) is 11.9 Å². The molecule has 380 valence electrons. The summed E-state index contributed by atoms with van der Waals surface area (Å²) in [7, 11) is 0. The zero-order valence-corrected chi connectivity index (χ0v) is 42.2. The van der Waals surface area contributed by atoms with E-state index in [2.05, 4.69) is 32.3 Å². The maximum absolute atomic E-state index is 14.2. The first-order valence-electron chi connectivity index (χ1n) is 24.9. The van der Waals surface area contributed by atoms with Gasteiger partial charge in [-0.2, -0.15) is 0 Å². The maximum atomic E-state index is 14.2. The van der Waals surface area contributed by atoms with E-state index in [1.165, 1.54) is 9.80 Å². The molecule has 0 bridgehead atoms. The number of carbonyl (C=O) groups is 7. The molecule has 71 heavy (non-hydrogen) atoms. The number of nitrogens with two attached hydrogens (primary N) is 2. The summed E-state index contributed by atoms with van der Waals surface area (Å²) in [5.74, 6) is -3.05. The third-order valence-corrected chi connectivity index (χ3v) is 15.0. The molecule has 7 rings (SSSR count). The minimum Gasteiger partial charge on any atom is -0.391 e. The maximum Gasteiger partial charge on any atom is 0.246 e. The van der Waals surface area contributed by atoms with Gasteiger partial charge < -0.3 is 42.7 Å². The predicted molar refractivity (Wildman–Crippen MR) is 271 cm³/mol. The van der Waals surface area contributed by atoms with E-state index in [1.54, 1.807) is 17.4 Å². The molecule has 2 saturated heterocycles. The number of allylic oxidation sites excluding steroid dienone is 2. The first kappa shape index (κ1) is 52.6. The summed E-state index contributed by atoms with van der Waals surface area (Å²) in [6.07, 6.45) is 6.99. The number of amides is 7. The zero-order valence-electron chi connectivity index (χ0n) is 41.4. The molecule has 1 unspecified atom stereocenters. The second-order valence-electron chi connectivity index (χ2n) is 20.5. The number of β-amino-alcohol motifs (C(OH)–C–C–N with tert-alkyl or cyclic N) is 1. The van der Waals surface area contributed by atoms with Crippen LogP contribution in [0, 0.1) is 12.3 Å². The molecule has 3 aliphatic heterocycles. The molecule has 1 aromatic heterocycles. The topological polar surface area (TPSA) is 259 Å². The summed E-state index contributed by atoms with van der Waals surface area (Å²) in [5, 5.41) is 22.4. The van der Waals surface area contributed by atoms with Gasteiger partial charge in [-0.25, -0.2) is 4.98 Å². The fourth-order valence-electron chi connectivity index (χ4n) is 10.1. The number of aryl methyl sites for hydroxylation is 2. The largest absolute Gasteiger partial charge is 0.391 e. The lowest BCUT2D eigenvalue weighted by molar-refractivity contribution is -0.144. The average molecular weight is 992 g/mol. The number of carbonyl (C=O) groups excluding carboxylic acids is 7. The van der Waals surface area contributed by atoms with Crippen LogP contribution in [0.3, 0.4) is 0 Å². The smallest absolute Gasteiger partial charge is 0.246 e. The molecule has 4 aliphatic rings. The van der Waals surface area contributed by atoms with Gasteiger partial charge in [-0.05, 0) is 111 Å². The second-order valence-corrected chi connectivity index (χ2v) is 21.3. The molecule has 3 aromatic rings. The summed E-state index contributed by atoms with van der Waals surface area (Å²) >= 11 is 1.57. The highest BCUT2D eigenvalue weighted by molar-refractivity contribution is 7.13. The van der Waals surface area contributed by atoms with Crippen LogP contribution in [0.2, 0.25) is 0 Å². The lowest BCUT2D eigenvalue weighted by Gasteiger charge is -2.35. The van der Waals surface area contributed by atoms with Gasteiger partial charge in [-0.15, -0.1) is 11.3 Å². The van der Waals surface area contributed by atoms with Crippen LogP contribution in [-0.4, -0.2) is 104 Å². The van der Waals surface area contributed by atoms with Gasteiger partial charge in [0.1, 0.15) is 24.2 Å². The summed E-state index contributed by atoms with van der Waals surface area (Å²) in [6.45, 7) is 9.37. The standard InChI is InChI=1S/C53H69N9O8S/c1-30(33-17-19-35(20-18-33)46-31(2)56-29-71-46)57-49(67)41-27-38(63)28-61(41)52(70)47(53(3,4)5)60-44(65)16-8-6-7-11-32-12-9-15-37(25-32)58-48(66)40(23-24-43(55)64)59-50(68)42-26-36-14-10-13-34-21-22-39(54)51(69)62(42)45(34)36/h9,12-13,15,17-20,25,29-30,38-42,47,63H,6-8,10-11,14,16,21-24,26-28,54H2,1-5H3,(H2,55,64)(H,57,67)(H,58,66)(H,59,68)(H,60,65)/t30-,38+,39-,40-,41?,42-,47+/m0/s1. The Morgan fingerprint density at radius 2 is 1.69 bits per heavy atom. The van der Waals surface area contributed by atoms with Crippen LogP contribution < -0.4 is 32.7 Å². The Morgan fingerprint density at radius 1 is 0.944 bits per heavy atom. The van der Waals surface area contributed by atoms with Gasteiger partial charge in [0.15, 0.2) is 0 Å². The van der Waals surface area contributed by atoms with Crippen LogP contribution in [0.5, 0.6) is 0 Å². The number of aliphatic hydroxyl groups excluding tert-OH is 1. The Labute approximate surface area is 419 Å². The summed E-state index contributed by atoms with van der Waals surface area (Å²) in [5.41, 5.74) is 20.0. The van der Waals surface area contributed by atoms with Crippen molar-refractivity contribution in [1.29, 1.82) is 0 Å². The van der Waals surface area contributed by atoms with Gasteiger partial charge in [0, 0.05) is 43.6 Å². The summed E-state index contributed by atoms with van der Waals surface area (Å²) in [6, 6.07) is 10.3. The van der Waals surface area contributed by atoms with Crippen LogP contribution in [0.15, 0.2) is 77.0 Å². The Morgan fingerprint density at radius 3 is 2.39 bits per heavy atom. The van der Waals surface area contributed by atoms with Gasteiger partial charge >= 0.3 is 0 Å². The van der Waals surface area contributed by atoms with Gasteiger partial charge in [0.05, 0.1) is 34.3 Å². The molecule has 1 aliphatic carbocycles. The number of thiazole rings is 1. The number of hydrogen-bond acceptors (Lipinski definition) is 11. The highest BCUT2D eigenvalue weighted by atomic mass is 32.1. The molecule has 9 N–H and O–H groups in total. The van der Waals surface area contributed by atoms with E-state index in [-0.39, 0.29) is 56.0 Å². The number of nitrogens with zero attached hydrogens (tertiary/aromatic N) is 3. The van der Waals surface area contributed by atoms with Gasteiger partial charge in [-0.3, -0.25) is 38.5 Å². The molecular weight excluding hydrogens is 923 g/mol. The van der Waals surface area contributed by atoms with E-state index >= 15 is 0 Å². The number of aromatic nitrogens is 1. The Balaban J connectivity index is 0.883. The monoisotopic (exact) mass is 991 g/mol. The number of aliphatic hydroxyl groups is 1. The van der Waals surface area contributed by atoms with Crippen molar-refractivity contribution in [3.8, 4) is 10.4 Å². The first-order chi connectivity index (χ1) is 33.8. The number of primary amides is 1. The molecular formula is C53H69N9O8S. The number of likely N-dealkylation sites (tertiary alicyclic amines) is 1. The summed E-state index contributed by atoms with van der Waals surface area (Å²) in [4.78, 5) is 103. The third-order valence-electron chi connectivity index (χ3n) is 14.0. The normalized spacial score (nSPS) is 21.1. The fraction of sp³-hybridized carbons (Fsp3) is 0.509. The number of nitrogens with one attached hydrogen (secondary N) is 4. The number of benzene rings is 2. The fourth-order valence-corrected chi connectivity index (χ4v) is 10.9. The number of hydrogen-bond donors (Lipinski definition) is 7. The van der Waals surface area contributed by atoms with Crippen molar-refractivity contribution in [2.24, 2.45) is 16.9 Å². The zero-order chi connectivity index (χ0) is 51.1. The van der Waals surface area contributed by atoms with E-state index < -0.39 is 65.4 Å². The Hall–Kier alpha value is -6.24. The van der Waals surface area contributed by atoms with E-state index in [4.69, 9.17) is 11.5 Å². The molecule has 18 heteroatoms. The summed E-state index contributed by atoms with van der Waals surface area (Å²) < 4.78 is 0. The van der Waals surface area contributed by atoms with Crippen molar-refractivity contribution in [3.05, 3.63) is 93.8 Å². The van der Waals surface area contributed by atoms with E-state index in [0.29, 0.717) is 44.2 Å². The van der Waals surface area contributed by atoms with Gasteiger partial charge in [0.2, 0.25) is 41.4 Å². The number of anilines is 1. The Kier molecular flexibility index (Phi) is 16.9. The lowest BCUT2D eigenvalue weighted by atomic mass is 9.85. The van der Waals surface area contributed by atoms with Crippen LogP contribution in [0.1, 0.15) is 128 Å². The van der Waals surface area contributed by atoms with Crippen LogP contribution in [0.25, 0.3) is 10.4 Å². The third kappa shape index (κ3) is 12.8. The highest BCUT2D eigenvalue weighted by Gasteiger charge is 2.47. The second kappa shape index (κ2) is 22.9. The van der Waals surface area contributed by atoms with E-state index in [0.717, 1.165) is 63.4 Å². The van der Waals surface area contributed by atoms with Crippen LogP contribution in [-0.2, 0) is 40.0 Å². The van der Waals surface area contributed by atoms with Crippen molar-refractivity contribution in [3.63, 3.8) is 0 Å². The van der Waals surface area contributed by atoms with E-state index in [1.807, 2.05) is 82.6 Å². The van der Waals surface area contributed by atoms with E-state index in [9.17, 15) is 38.7 Å². The average Bonchev–Trinajstić information content (AvgIpc) is 4.04. The number of unbranched alkanes of at least 4 members (excludes halogenated alkanes) is 2. The lowest BCUT2D eigenvalue weighted by Crippen LogP contribution is -2.57. The molecule has 7 atom stereocenters. The van der Waals surface area contributed by atoms with Crippen molar-refractivity contribution >= 4 is 58.4 Å². The van der Waals surface area contributed by atoms with Crippen molar-refractivity contribution in [2.45, 2.75) is 160 Å². The van der Waals surface area contributed by atoms with Gasteiger partial charge in [-0.1, -0.05) is 69.7 Å². The highest BCUT2D eigenvalue weighted by Crippen LogP contribution is 2.43. The van der Waals surface area contributed by atoms with Crippen LogP contribution >= 0.6 is 11.3 Å².